The molecular formula is C17H17ClN2. The first-order valence-corrected chi connectivity index (χ1v) is 7.29. The van der Waals surface area contributed by atoms with E-state index in [2.05, 4.69) is 31.2 Å². The summed E-state index contributed by atoms with van der Waals surface area (Å²) >= 11 is 6.44. The van der Waals surface area contributed by atoms with Crippen LogP contribution in [0.15, 0.2) is 59.6 Å². The Morgan fingerprint density at radius 1 is 1.10 bits per heavy atom. The lowest BCUT2D eigenvalue weighted by atomic mass is 10.0. The number of halogens is 1. The number of benzene rings is 2. The Balaban J connectivity index is 2.18. The van der Waals surface area contributed by atoms with Crippen LogP contribution in [0.2, 0.25) is 0 Å². The van der Waals surface area contributed by atoms with Gasteiger partial charge in [0.2, 0.25) is 0 Å². The summed E-state index contributed by atoms with van der Waals surface area (Å²) in [5.41, 5.74) is 4.32. The Morgan fingerprint density at radius 3 is 2.55 bits per heavy atom. The van der Waals surface area contributed by atoms with Crippen LogP contribution >= 0.6 is 11.8 Å². The zero-order chi connectivity index (χ0) is 13.9. The summed E-state index contributed by atoms with van der Waals surface area (Å²) in [6, 6.07) is 18.7. The molecule has 102 valence electrons. The normalized spacial score (nSPS) is 18.2. The summed E-state index contributed by atoms with van der Waals surface area (Å²) in [4.78, 5) is 4.95. The van der Waals surface area contributed by atoms with Gasteiger partial charge in [-0.05, 0) is 12.5 Å². The monoisotopic (exact) mass is 284 g/mol. The summed E-state index contributed by atoms with van der Waals surface area (Å²) in [5.74, 6) is 0. The molecule has 1 heterocycles. The molecule has 0 N–H and O–H groups in total. The lowest BCUT2D eigenvalue weighted by Gasteiger charge is -2.18. The molecule has 2 aromatic rings. The van der Waals surface area contributed by atoms with Crippen LogP contribution in [0.25, 0.3) is 0 Å². The van der Waals surface area contributed by atoms with E-state index in [9.17, 15) is 0 Å². The predicted octanol–water partition coefficient (Wildman–Crippen LogP) is 4.28. The van der Waals surface area contributed by atoms with Gasteiger partial charge in [0.15, 0.2) is 0 Å². The first-order chi connectivity index (χ1) is 9.79. The quantitative estimate of drug-likeness (QED) is 0.752. The number of rotatable bonds is 2. The fourth-order valence-corrected chi connectivity index (χ4v) is 2.81. The molecule has 20 heavy (non-hydrogen) atoms. The van der Waals surface area contributed by atoms with Crippen LogP contribution in [-0.4, -0.2) is 18.3 Å². The van der Waals surface area contributed by atoms with Gasteiger partial charge in [-0.25, -0.2) is 0 Å². The molecule has 1 unspecified atom stereocenters. The van der Waals surface area contributed by atoms with Crippen LogP contribution in [0, 0.1) is 0 Å². The summed E-state index contributed by atoms with van der Waals surface area (Å²) in [5, 5.41) is 0. The minimum Gasteiger partial charge on any atom is -0.282 e. The average Bonchev–Trinajstić information content (AvgIpc) is 2.65. The maximum absolute atomic E-state index is 6.44. The van der Waals surface area contributed by atoms with Gasteiger partial charge >= 0.3 is 0 Å². The molecule has 0 amide bonds. The van der Waals surface area contributed by atoms with Crippen LogP contribution in [0.5, 0.6) is 0 Å². The highest BCUT2D eigenvalue weighted by Crippen LogP contribution is 2.29. The number of hydrogen-bond donors (Lipinski definition) is 0. The molecule has 2 aromatic carbocycles. The Kier molecular flexibility index (Phi) is 3.75. The highest BCUT2D eigenvalue weighted by molar-refractivity contribution is 6.28. The first-order valence-electron chi connectivity index (χ1n) is 6.95. The number of nitrogens with zero attached hydrogens (tertiary/aromatic N) is 2. The van der Waals surface area contributed by atoms with Gasteiger partial charge in [0.25, 0.3) is 0 Å². The van der Waals surface area contributed by atoms with E-state index in [4.69, 9.17) is 16.8 Å². The summed E-state index contributed by atoms with van der Waals surface area (Å²) in [7, 11) is 0. The van der Waals surface area contributed by atoms with Crippen molar-refractivity contribution in [3.8, 4) is 0 Å². The Bertz CT molecular complexity index is 622. The van der Waals surface area contributed by atoms with Crippen LogP contribution in [0.4, 0.5) is 5.69 Å². The molecular weight excluding hydrogens is 268 g/mol. The zero-order valence-corrected chi connectivity index (χ0v) is 12.2. The van der Waals surface area contributed by atoms with Gasteiger partial charge in [-0.15, -0.1) is 0 Å². The number of benzodiazepines with no additional fused rings is 1. The third-order valence-corrected chi connectivity index (χ3v) is 3.94. The second-order valence-corrected chi connectivity index (χ2v) is 5.38. The molecule has 1 aliphatic heterocycles. The van der Waals surface area contributed by atoms with E-state index in [0.29, 0.717) is 0 Å². The van der Waals surface area contributed by atoms with Gasteiger partial charge in [-0.3, -0.25) is 9.41 Å². The Hall–Kier alpha value is -1.80. The van der Waals surface area contributed by atoms with Crippen molar-refractivity contribution in [3.05, 3.63) is 65.7 Å². The summed E-state index contributed by atoms with van der Waals surface area (Å²) in [6.07, 6.45) is 0.980. The largest absolute Gasteiger partial charge is 0.282 e. The topological polar surface area (TPSA) is 15.6 Å². The molecule has 0 saturated heterocycles. The van der Waals surface area contributed by atoms with Crippen molar-refractivity contribution < 1.29 is 0 Å². The number of anilines is 1. The Morgan fingerprint density at radius 2 is 1.80 bits per heavy atom. The van der Waals surface area contributed by atoms with Crippen molar-refractivity contribution in [3.63, 3.8) is 0 Å². The maximum Gasteiger partial charge on any atom is 0.0744 e. The number of fused-ring (bicyclic) bond motifs is 1. The minimum atomic E-state index is 0.218. The molecule has 3 heteroatoms. The van der Waals surface area contributed by atoms with Crippen molar-refractivity contribution in [2.45, 2.75) is 19.4 Å². The van der Waals surface area contributed by atoms with Crippen molar-refractivity contribution in [1.29, 1.82) is 0 Å². The van der Waals surface area contributed by atoms with E-state index in [1.165, 1.54) is 0 Å². The molecule has 0 saturated carbocycles. The van der Waals surface area contributed by atoms with Crippen molar-refractivity contribution in [2.75, 3.05) is 11.0 Å². The van der Waals surface area contributed by atoms with E-state index >= 15 is 0 Å². The molecule has 1 aliphatic rings. The second-order valence-electron chi connectivity index (χ2n) is 4.97. The summed E-state index contributed by atoms with van der Waals surface area (Å²) in [6.45, 7) is 2.89. The van der Waals surface area contributed by atoms with E-state index in [-0.39, 0.29) is 6.04 Å². The average molecular weight is 285 g/mol. The van der Waals surface area contributed by atoms with Crippen molar-refractivity contribution in [2.24, 2.45) is 4.99 Å². The van der Waals surface area contributed by atoms with Crippen LogP contribution in [0.1, 0.15) is 24.5 Å². The molecule has 1 atom stereocenters. The van der Waals surface area contributed by atoms with Crippen LogP contribution in [0.3, 0.4) is 0 Å². The van der Waals surface area contributed by atoms with Gasteiger partial charge in [-0.2, -0.15) is 0 Å². The SMILES string of the molecule is CCC1CN(Cl)c2ccccc2C(c2ccccc2)=N1. The predicted molar refractivity (Wildman–Crippen MR) is 85.8 cm³/mol. The molecule has 0 spiro atoms. The van der Waals surface area contributed by atoms with Gasteiger partial charge in [-0.1, -0.05) is 55.5 Å². The van der Waals surface area contributed by atoms with E-state index in [1.807, 2.05) is 30.3 Å². The fourth-order valence-electron chi connectivity index (χ4n) is 2.51. The van der Waals surface area contributed by atoms with Gasteiger partial charge in [0.05, 0.1) is 24.0 Å². The van der Waals surface area contributed by atoms with E-state index < -0.39 is 0 Å². The maximum atomic E-state index is 6.44. The van der Waals surface area contributed by atoms with E-state index in [0.717, 1.165) is 35.5 Å². The highest BCUT2D eigenvalue weighted by Gasteiger charge is 2.22. The fraction of sp³-hybridized carbons (Fsp3) is 0.235. The molecule has 2 nitrogen and oxygen atoms in total. The highest BCUT2D eigenvalue weighted by atomic mass is 35.5. The molecule has 0 aromatic heterocycles. The molecule has 0 bridgehead atoms. The minimum absolute atomic E-state index is 0.218. The molecule has 0 radical (unpaired) electrons. The molecule has 3 rings (SSSR count). The lowest BCUT2D eigenvalue weighted by molar-refractivity contribution is 0.668. The van der Waals surface area contributed by atoms with Crippen LogP contribution in [-0.2, 0) is 0 Å². The summed E-state index contributed by atoms with van der Waals surface area (Å²) < 4.78 is 1.79. The Labute approximate surface area is 124 Å². The third-order valence-electron chi connectivity index (χ3n) is 3.62. The van der Waals surface area contributed by atoms with Crippen LogP contribution < -0.4 is 4.42 Å². The van der Waals surface area contributed by atoms with E-state index in [1.54, 1.807) is 4.42 Å². The van der Waals surface area contributed by atoms with Crippen molar-refractivity contribution in [1.82, 2.24) is 0 Å². The number of hydrogen-bond acceptors (Lipinski definition) is 2. The lowest BCUT2D eigenvalue weighted by Crippen LogP contribution is -2.21. The van der Waals surface area contributed by atoms with Crippen molar-refractivity contribution >= 4 is 23.2 Å². The second kappa shape index (κ2) is 5.68. The van der Waals surface area contributed by atoms with Gasteiger partial charge < -0.3 is 0 Å². The molecule has 0 fully saturated rings. The number of para-hydroxylation sites is 1. The molecule has 0 aliphatic carbocycles. The first kappa shape index (κ1) is 13.2. The third kappa shape index (κ3) is 2.44. The standard InChI is InChI=1S/C17H17ClN2/c1-2-14-12-20(18)16-11-7-6-10-15(16)17(19-14)13-8-4-3-5-9-13/h3-11,14H,2,12H2,1H3. The van der Waals surface area contributed by atoms with Gasteiger partial charge in [0, 0.05) is 22.9 Å². The number of aliphatic imine (C=N–C) groups is 1. The van der Waals surface area contributed by atoms with Gasteiger partial charge in [0.1, 0.15) is 0 Å². The smallest absolute Gasteiger partial charge is 0.0744 e. The zero-order valence-electron chi connectivity index (χ0n) is 11.5.